The number of hydrogen-bond acceptors (Lipinski definition) is 6. The monoisotopic (exact) mass is 311 g/mol. The number of aliphatic hydroxyl groups excluding tert-OH is 1. The molecule has 7 heteroatoms. The SMILES string of the molecule is OCCN(c1nc(Cl)nc(N2CCCCC2)n1)C1CCC1. The molecule has 2 heterocycles. The van der Waals surface area contributed by atoms with Crippen molar-refractivity contribution in [3.63, 3.8) is 0 Å². The first-order valence-corrected chi connectivity index (χ1v) is 8.20. The molecule has 0 atom stereocenters. The summed E-state index contributed by atoms with van der Waals surface area (Å²) >= 11 is 6.10. The van der Waals surface area contributed by atoms with E-state index in [-0.39, 0.29) is 11.9 Å². The van der Waals surface area contributed by atoms with Gasteiger partial charge >= 0.3 is 0 Å². The third kappa shape index (κ3) is 3.37. The Bertz CT molecular complexity index is 476. The van der Waals surface area contributed by atoms with Crippen molar-refractivity contribution in [3.8, 4) is 0 Å². The number of halogens is 1. The predicted molar refractivity (Wildman–Crippen MR) is 83.0 cm³/mol. The summed E-state index contributed by atoms with van der Waals surface area (Å²) in [5, 5.41) is 9.54. The Morgan fingerprint density at radius 2 is 1.86 bits per heavy atom. The molecule has 1 aromatic rings. The first kappa shape index (κ1) is 14.8. The standard InChI is InChI=1S/C14H22ClN5O/c15-12-16-13(19-7-2-1-3-8-19)18-14(17-12)20(9-10-21)11-5-4-6-11/h11,21H,1-10H2. The third-order valence-electron chi connectivity index (χ3n) is 4.34. The molecule has 0 radical (unpaired) electrons. The van der Waals surface area contributed by atoms with E-state index in [0.29, 0.717) is 24.5 Å². The van der Waals surface area contributed by atoms with Gasteiger partial charge in [-0.15, -0.1) is 0 Å². The highest BCUT2D eigenvalue weighted by Crippen LogP contribution is 2.29. The van der Waals surface area contributed by atoms with Gasteiger partial charge < -0.3 is 14.9 Å². The number of piperidine rings is 1. The molecule has 1 saturated carbocycles. The zero-order chi connectivity index (χ0) is 14.7. The van der Waals surface area contributed by atoms with Gasteiger partial charge in [0.05, 0.1) is 6.61 Å². The Morgan fingerprint density at radius 1 is 1.10 bits per heavy atom. The Kier molecular flexibility index (Phi) is 4.75. The van der Waals surface area contributed by atoms with Gasteiger partial charge in [0.1, 0.15) is 0 Å². The number of rotatable bonds is 5. The maximum absolute atomic E-state index is 9.30. The molecular weight excluding hydrogens is 290 g/mol. The lowest BCUT2D eigenvalue weighted by Gasteiger charge is -2.37. The highest BCUT2D eigenvalue weighted by molar-refractivity contribution is 6.28. The molecule has 1 saturated heterocycles. The lowest BCUT2D eigenvalue weighted by atomic mass is 9.92. The molecule has 1 aliphatic heterocycles. The molecule has 3 rings (SSSR count). The van der Waals surface area contributed by atoms with Gasteiger partial charge in [0.25, 0.3) is 0 Å². The van der Waals surface area contributed by atoms with E-state index in [2.05, 4.69) is 24.8 Å². The summed E-state index contributed by atoms with van der Waals surface area (Å²) < 4.78 is 0. The summed E-state index contributed by atoms with van der Waals surface area (Å²) in [5.41, 5.74) is 0. The maximum atomic E-state index is 9.30. The highest BCUT2D eigenvalue weighted by atomic mass is 35.5. The molecule has 1 aliphatic carbocycles. The van der Waals surface area contributed by atoms with Gasteiger partial charge in [-0.3, -0.25) is 0 Å². The average molecular weight is 312 g/mol. The van der Waals surface area contributed by atoms with E-state index < -0.39 is 0 Å². The van der Waals surface area contributed by atoms with Crippen molar-refractivity contribution in [1.29, 1.82) is 0 Å². The van der Waals surface area contributed by atoms with Gasteiger partial charge in [-0.2, -0.15) is 15.0 Å². The molecule has 6 nitrogen and oxygen atoms in total. The summed E-state index contributed by atoms with van der Waals surface area (Å²) in [7, 11) is 0. The molecule has 116 valence electrons. The number of nitrogens with zero attached hydrogens (tertiary/aromatic N) is 5. The van der Waals surface area contributed by atoms with E-state index in [1.54, 1.807) is 0 Å². The second-order valence-corrected chi connectivity index (χ2v) is 6.09. The Morgan fingerprint density at radius 3 is 2.48 bits per heavy atom. The highest BCUT2D eigenvalue weighted by Gasteiger charge is 2.28. The van der Waals surface area contributed by atoms with Crippen LogP contribution in [0.4, 0.5) is 11.9 Å². The molecule has 2 fully saturated rings. The predicted octanol–water partition coefficient (Wildman–Crippen LogP) is 1.87. The van der Waals surface area contributed by atoms with Crippen LogP contribution in [0, 0.1) is 0 Å². The van der Waals surface area contributed by atoms with Crippen LogP contribution in [0.3, 0.4) is 0 Å². The van der Waals surface area contributed by atoms with Crippen molar-refractivity contribution in [2.24, 2.45) is 0 Å². The minimum atomic E-state index is 0.0961. The van der Waals surface area contributed by atoms with Crippen LogP contribution in [0.2, 0.25) is 5.28 Å². The van der Waals surface area contributed by atoms with Crippen LogP contribution in [-0.2, 0) is 0 Å². The quantitative estimate of drug-likeness (QED) is 0.895. The van der Waals surface area contributed by atoms with Crippen LogP contribution in [-0.4, -0.2) is 52.3 Å². The van der Waals surface area contributed by atoms with E-state index in [4.69, 9.17) is 11.6 Å². The van der Waals surface area contributed by atoms with Gasteiger partial charge in [0.15, 0.2) is 0 Å². The van der Waals surface area contributed by atoms with Crippen LogP contribution < -0.4 is 9.80 Å². The van der Waals surface area contributed by atoms with Gasteiger partial charge in [-0.05, 0) is 50.1 Å². The Balaban J connectivity index is 1.84. The summed E-state index contributed by atoms with van der Waals surface area (Å²) in [6.07, 6.45) is 7.08. The Hall–Kier alpha value is -1.14. The van der Waals surface area contributed by atoms with Crippen molar-refractivity contribution in [3.05, 3.63) is 5.28 Å². The summed E-state index contributed by atoms with van der Waals surface area (Å²) in [4.78, 5) is 17.4. The molecule has 1 N–H and O–H groups in total. The van der Waals surface area contributed by atoms with E-state index in [1.807, 2.05) is 0 Å². The van der Waals surface area contributed by atoms with Crippen molar-refractivity contribution in [2.45, 2.75) is 44.6 Å². The average Bonchev–Trinajstić information content (AvgIpc) is 2.45. The van der Waals surface area contributed by atoms with Gasteiger partial charge in [0, 0.05) is 25.7 Å². The largest absolute Gasteiger partial charge is 0.395 e. The lowest BCUT2D eigenvalue weighted by molar-refractivity contribution is 0.282. The molecule has 0 aromatic carbocycles. The van der Waals surface area contributed by atoms with E-state index in [1.165, 1.54) is 25.7 Å². The first-order chi connectivity index (χ1) is 10.3. The fraction of sp³-hybridized carbons (Fsp3) is 0.786. The summed E-state index contributed by atoms with van der Waals surface area (Å²) in [5.74, 6) is 1.28. The first-order valence-electron chi connectivity index (χ1n) is 7.82. The molecule has 0 unspecified atom stereocenters. The number of hydrogen-bond donors (Lipinski definition) is 1. The van der Waals surface area contributed by atoms with Crippen molar-refractivity contribution in [2.75, 3.05) is 36.0 Å². The van der Waals surface area contributed by atoms with E-state index in [9.17, 15) is 5.11 Å². The molecule has 1 aromatic heterocycles. The minimum absolute atomic E-state index is 0.0961. The van der Waals surface area contributed by atoms with Crippen molar-refractivity contribution in [1.82, 2.24) is 15.0 Å². The third-order valence-corrected chi connectivity index (χ3v) is 4.51. The van der Waals surface area contributed by atoms with Crippen LogP contribution in [0.25, 0.3) is 0 Å². The van der Waals surface area contributed by atoms with E-state index in [0.717, 1.165) is 25.9 Å². The molecule has 0 bridgehead atoms. The normalized spacial score (nSPS) is 19.4. The molecular formula is C14H22ClN5O. The van der Waals surface area contributed by atoms with Crippen LogP contribution in [0.15, 0.2) is 0 Å². The number of aliphatic hydroxyl groups is 1. The maximum Gasteiger partial charge on any atom is 0.231 e. The van der Waals surface area contributed by atoms with Gasteiger partial charge in [-0.1, -0.05) is 0 Å². The second kappa shape index (κ2) is 6.75. The zero-order valence-electron chi connectivity index (χ0n) is 12.2. The van der Waals surface area contributed by atoms with Crippen molar-refractivity contribution < 1.29 is 5.11 Å². The molecule has 21 heavy (non-hydrogen) atoms. The smallest absolute Gasteiger partial charge is 0.231 e. The lowest BCUT2D eigenvalue weighted by Crippen LogP contribution is -2.43. The second-order valence-electron chi connectivity index (χ2n) is 5.75. The van der Waals surface area contributed by atoms with Crippen LogP contribution in [0.5, 0.6) is 0 Å². The minimum Gasteiger partial charge on any atom is -0.395 e. The fourth-order valence-electron chi connectivity index (χ4n) is 2.95. The molecule has 2 aliphatic rings. The zero-order valence-corrected chi connectivity index (χ0v) is 13.0. The summed E-state index contributed by atoms with van der Waals surface area (Å²) in [6.45, 7) is 2.59. The van der Waals surface area contributed by atoms with Crippen LogP contribution in [0.1, 0.15) is 38.5 Å². The van der Waals surface area contributed by atoms with Gasteiger partial charge in [0.2, 0.25) is 17.2 Å². The Labute approximate surface area is 130 Å². The number of anilines is 2. The van der Waals surface area contributed by atoms with Gasteiger partial charge in [-0.25, -0.2) is 0 Å². The number of aromatic nitrogens is 3. The summed E-state index contributed by atoms with van der Waals surface area (Å²) in [6, 6.07) is 0.421. The molecule has 0 amide bonds. The molecule has 0 spiro atoms. The van der Waals surface area contributed by atoms with Crippen LogP contribution >= 0.6 is 11.6 Å². The van der Waals surface area contributed by atoms with E-state index >= 15 is 0 Å². The fourth-order valence-corrected chi connectivity index (χ4v) is 3.10. The topological polar surface area (TPSA) is 65.4 Å². The van der Waals surface area contributed by atoms with Crippen molar-refractivity contribution >= 4 is 23.5 Å².